The molecule has 0 unspecified atom stereocenters. The molecule has 5 N–H and O–H groups in total. The van der Waals surface area contributed by atoms with Gasteiger partial charge in [0.15, 0.2) is 0 Å². The first kappa shape index (κ1) is 29.0. The maximum Gasteiger partial charge on any atom is 0.317 e. The molecule has 1 aliphatic heterocycles. The van der Waals surface area contributed by atoms with E-state index in [1.54, 1.807) is 12.4 Å². The number of carbonyl (C=O) groups is 3. The van der Waals surface area contributed by atoms with Crippen molar-refractivity contribution >= 4 is 23.7 Å². The summed E-state index contributed by atoms with van der Waals surface area (Å²) in [6.45, 7) is 2.73. The number of pyridine rings is 1. The first-order valence-electron chi connectivity index (χ1n) is 13.3. The van der Waals surface area contributed by atoms with Gasteiger partial charge < -0.3 is 20.8 Å². The van der Waals surface area contributed by atoms with E-state index in [4.69, 9.17) is 10.1 Å². The van der Waals surface area contributed by atoms with Gasteiger partial charge in [-0.3, -0.25) is 19.7 Å². The van der Waals surface area contributed by atoms with Crippen molar-refractivity contribution in [2.24, 2.45) is 0 Å². The molecule has 0 saturated heterocycles. The number of anilines is 1. The lowest BCUT2D eigenvalue weighted by atomic mass is 9.92. The number of carboxylic acids is 2. The number of aromatic nitrogens is 3. The monoisotopic (exact) mass is 526 g/mol. The summed E-state index contributed by atoms with van der Waals surface area (Å²) in [4.78, 5) is 47.4. The van der Waals surface area contributed by atoms with Gasteiger partial charge in [0.2, 0.25) is 5.91 Å². The van der Waals surface area contributed by atoms with Crippen LogP contribution in [0, 0.1) is 6.92 Å². The van der Waals surface area contributed by atoms with Crippen LogP contribution in [-0.4, -0.2) is 62.6 Å². The zero-order valence-corrected chi connectivity index (χ0v) is 22.0. The Bertz CT molecular complexity index is 1090. The minimum absolute atomic E-state index is 0.0564. The summed E-state index contributed by atoms with van der Waals surface area (Å²) >= 11 is 0. The third kappa shape index (κ3) is 9.70. The van der Waals surface area contributed by atoms with E-state index in [0.29, 0.717) is 12.4 Å². The van der Waals surface area contributed by atoms with Crippen molar-refractivity contribution in [1.82, 2.24) is 25.6 Å². The molecule has 2 aromatic heterocycles. The highest BCUT2D eigenvalue weighted by Crippen LogP contribution is 2.27. The van der Waals surface area contributed by atoms with Crippen LogP contribution in [0.5, 0.6) is 0 Å². The Morgan fingerprint density at radius 1 is 1.05 bits per heavy atom. The van der Waals surface area contributed by atoms with Crippen LogP contribution >= 0.6 is 0 Å². The van der Waals surface area contributed by atoms with Gasteiger partial charge in [-0.1, -0.05) is 19.3 Å². The largest absolute Gasteiger partial charge is 0.481 e. The summed E-state index contributed by atoms with van der Waals surface area (Å²) in [5, 5.41) is 26.8. The third-order valence-corrected chi connectivity index (χ3v) is 6.63. The molecule has 1 amide bonds. The van der Waals surface area contributed by atoms with Gasteiger partial charge in [-0.15, -0.1) is 0 Å². The number of nitrogens with one attached hydrogen (secondary N) is 3. The fourth-order valence-electron chi connectivity index (χ4n) is 4.63. The number of rotatable bonds is 16. The molecule has 38 heavy (non-hydrogen) atoms. The second-order valence-corrected chi connectivity index (χ2v) is 9.72. The van der Waals surface area contributed by atoms with Crippen LogP contribution in [-0.2, 0) is 33.8 Å². The number of aryl methyl sites for hydroxylation is 3. The summed E-state index contributed by atoms with van der Waals surface area (Å²) in [6.07, 6.45) is 10.9. The number of nitrogens with zero attached hydrogens (tertiary/aromatic N) is 3. The molecule has 0 radical (unpaired) electrons. The molecule has 0 fully saturated rings. The predicted octanol–water partition coefficient (Wildman–Crippen LogP) is 2.58. The number of aliphatic carboxylic acids is 2. The SMILES string of the molecule is Cc1ncc([C@@H](CCCCCCc2nc3c(cc2CNC(=O)CNCC(=O)O)CCCN3)CC(=O)O)cn1. The van der Waals surface area contributed by atoms with E-state index in [1.807, 2.05) is 6.92 Å². The van der Waals surface area contributed by atoms with Crippen LogP contribution in [0.3, 0.4) is 0 Å². The predicted molar refractivity (Wildman–Crippen MR) is 142 cm³/mol. The molecular formula is C27H38N6O5. The van der Waals surface area contributed by atoms with E-state index in [9.17, 15) is 19.5 Å². The van der Waals surface area contributed by atoms with E-state index in [2.05, 4.69) is 32.0 Å². The van der Waals surface area contributed by atoms with Crippen molar-refractivity contribution in [2.45, 2.75) is 77.2 Å². The molecule has 0 bridgehead atoms. The van der Waals surface area contributed by atoms with Gasteiger partial charge in [0.1, 0.15) is 11.6 Å². The first-order chi connectivity index (χ1) is 18.3. The van der Waals surface area contributed by atoms with Crippen molar-refractivity contribution in [2.75, 3.05) is 25.0 Å². The van der Waals surface area contributed by atoms with E-state index < -0.39 is 11.9 Å². The van der Waals surface area contributed by atoms with Gasteiger partial charge in [-0.05, 0) is 67.7 Å². The number of hydrogen-bond donors (Lipinski definition) is 5. The molecule has 1 aliphatic rings. The topological polar surface area (TPSA) is 166 Å². The number of unbranched alkanes of at least 4 members (excludes halogenated alkanes) is 3. The van der Waals surface area contributed by atoms with Gasteiger partial charge in [0.25, 0.3) is 0 Å². The second kappa shape index (κ2) is 15.0. The van der Waals surface area contributed by atoms with Crippen LogP contribution in [0.25, 0.3) is 0 Å². The van der Waals surface area contributed by atoms with Crippen molar-refractivity contribution < 1.29 is 24.6 Å². The molecule has 3 rings (SSSR count). The molecule has 2 aromatic rings. The van der Waals surface area contributed by atoms with Crippen molar-refractivity contribution in [3.63, 3.8) is 0 Å². The van der Waals surface area contributed by atoms with Crippen molar-refractivity contribution in [3.05, 3.63) is 46.7 Å². The number of carbonyl (C=O) groups excluding carboxylic acids is 1. The van der Waals surface area contributed by atoms with Gasteiger partial charge >= 0.3 is 11.9 Å². The summed E-state index contributed by atoms with van der Waals surface area (Å²) in [5.41, 5.74) is 3.96. The summed E-state index contributed by atoms with van der Waals surface area (Å²) in [7, 11) is 0. The Balaban J connectivity index is 1.50. The summed E-state index contributed by atoms with van der Waals surface area (Å²) in [6, 6.07) is 2.12. The minimum Gasteiger partial charge on any atom is -0.481 e. The number of fused-ring (bicyclic) bond motifs is 1. The standard InChI is InChI=1S/C27H38N6O5/c1-18-30-14-22(15-31-18)19(12-25(35)36)7-4-2-3-5-9-23-21(11-20-8-6-10-29-27(20)33-23)13-32-24(34)16-28-17-26(37)38/h11,14-15,19,28H,2-10,12-13,16-17H2,1H3,(H,29,33)(H,32,34)(H,35,36)(H,37,38)/t19-/m0/s1. The van der Waals surface area contributed by atoms with Crippen molar-refractivity contribution in [3.8, 4) is 0 Å². The van der Waals surface area contributed by atoms with Gasteiger partial charge in [0, 0.05) is 31.2 Å². The molecule has 0 aliphatic carbocycles. The maximum absolute atomic E-state index is 12.1. The minimum atomic E-state index is -1.01. The average Bonchev–Trinajstić information content (AvgIpc) is 2.88. The fourth-order valence-corrected chi connectivity index (χ4v) is 4.63. The highest BCUT2D eigenvalue weighted by Gasteiger charge is 2.17. The maximum atomic E-state index is 12.1. The second-order valence-electron chi connectivity index (χ2n) is 9.72. The molecule has 206 valence electrons. The van der Waals surface area contributed by atoms with Crippen LogP contribution in [0.4, 0.5) is 5.82 Å². The molecule has 1 atom stereocenters. The molecule has 11 heteroatoms. The summed E-state index contributed by atoms with van der Waals surface area (Å²) in [5.74, 6) is -0.596. The lowest BCUT2D eigenvalue weighted by molar-refractivity contribution is -0.138. The van der Waals surface area contributed by atoms with E-state index >= 15 is 0 Å². The zero-order valence-electron chi connectivity index (χ0n) is 22.0. The number of hydrogen-bond acceptors (Lipinski definition) is 8. The van der Waals surface area contributed by atoms with Crippen LogP contribution in [0.15, 0.2) is 18.5 Å². The van der Waals surface area contributed by atoms with Gasteiger partial charge in [-0.2, -0.15) is 0 Å². The molecule has 0 aromatic carbocycles. The Kier molecular flexibility index (Phi) is 11.4. The van der Waals surface area contributed by atoms with Crippen LogP contribution < -0.4 is 16.0 Å². The lowest BCUT2D eigenvalue weighted by Crippen LogP contribution is -2.36. The Morgan fingerprint density at radius 2 is 1.82 bits per heavy atom. The zero-order chi connectivity index (χ0) is 27.3. The smallest absolute Gasteiger partial charge is 0.317 e. The fraction of sp³-hybridized carbons (Fsp3) is 0.556. The first-order valence-corrected chi connectivity index (χ1v) is 13.3. The Morgan fingerprint density at radius 3 is 2.55 bits per heavy atom. The molecule has 3 heterocycles. The van der Waals surface area contributed by atoms with Crippen molar-refractivity contribution in [1.29, 1.82) is 0 Å². The quantitative estimate of drug-likeness (QED) is 0.205. The Labute approximate surface area is 222 Å². The molecule has 11 nitrogen and oxygen atoms in total. The van der Waals surface area contributed by atoms with E-state index in [0.717, 1.165) is 86.1 Å². The number of carboxylic acid groups (broad SMARTS) is 2. The Hall–Kier alpha value is -3.60. The third-order valence-electron chi connectivity index (χ3n) is 6.63. The lowest BCUT2D eigenvalue weighted by Gasteiger charge is -2.20. The normalized spacial score (nSPS) is 13.3. The highest BCUT2D eigenvalue weighted by atomic mass is 16.4. The highest BCUT2D eigenvalue weighted by molar-refractivity contribution is 5.79. The summed E-state index contributed by atoms with van der Waals surface area (Å²) < 4.78 is 0. The number of amides is 1. The molecular weight excluding hydrogens is 488 g/mol. The average molecular weight is 527 g/mol. The van der Waals surface area contributed by atoms with E-state index in [1.165, 1.54) is 0 Å². The van der Waals surface area contributed by atoms with Crippen LogP contribution in [0.2, 0.25) is 0 Å². The van der Waals surface area contributed by atoms with E-state index in [-0.39, 0.29) is 31.3 Å². The molecule has 0 spiro atoms. The van der Waals surface area contributed by atoms with Gasteiger partial charge in [0.05, 0.1) is 19.5 Å². The van der Waals surface area contributed by atoms with Gasteiger partial charge in [-0.25, -0.2) is 15.0 Å². The molecule has 0 saturated carbocycles. The van der Waals surface area contributed by atoms with Crippen LogP contribution in [0.1, 0.15) is 79.1 Å².